The predicted octanol–water partition coefficient (Wildman–Crippen LogP) is 3.51. The van der Waals surface area contributed by atoms with Crippen molar-refractivity contribution in [2.45, 2.75) is 52.1 Å². The van der Waals surface area contributed by atoms with Crippen molar-refractivity contribution in [2.75, 3.05) is 0 Å². The van der Waals surface area contributed by atoms with Crippen molar-refractivity contribution >= 4 is 6.29 Å². The van der Waals surface area contributed by atoms with Gasteiger partial charge in [0.05, 0.1) is 6.61 Å². The van der Waals surface area contributed by atoms with Crippen LogP contribution in [-0.4, -0.2) is 11.4 Å². The molecule has 2 nitrogen and oxygen atoms in total. The van der Waals surface area contributed by atoms with Gasteiger partial charge in [-0.3, -0.25) is 0 Å². The van der Waals surface area contributed by atoms with Crippen LogP contribution in [0.25, 0.3) is 0 Å². The molecule has 18 heavy (non-hydrogen) atoms. The number of aldehydes is 1. The summed E-state index contributed by atoms with van der Waals surface area (Å²) in [7, 11) is 0. The van der Waals surface area contributed by atoms with E-state index in [2.05, 4.69) is 6.92 Å². The average molecular weight is 248 g/mol. The van der Waals surface area contributed by atoms with Gasteiger partial charge in [-0.05, 0) is 24.0 Å². The SMILES string of the molecule is CCCCCCC(C=O)Cc1ccc(CO)cc1. The molecule has 0 fully saturated rings. The van der Waals surface area contributed by atoms with E-state index < -0.39 is 0 Å². The minimum atomic E-state index is 0.0778. The highest BCUT2D eigenvalue weighted by atomic mass is 16.3. The fraction of sp³-hybridized carbons (Fsp3) is 0.562. The number of benzene rings is 1. The summed E-state index contributed by atoms with van der Waals surface area (Å²) in [4.78, 5) is 11.1. The molecule has 1 N–H and O–H groups in total. The first-order valence-electron chi connectivity index (χ1n) is 6.94. The normalized spacial score (nSPS) is 12.3. The second-order valence-corrected chi connectivity index (χ2v) is 4.92. The van der Waals surface area contributed by atoms with E-state index >= 15 is 0 Å². The number of carbonyl (C=O) groups excluding carboxylic acids is 1. The van der Waals surface area contributed by atoms with E-state index in [1.165, 1.54) is 24.8 Å². The van der Waals surface area contributed by atoms with Crippen LogP contribution in [0, 0.1) is 5.92 Å². The number of hydrogen-bond donors (Lipinski definition) is 1. The third-order valence-corrected chi connectivity index (χ3v) is 3.32. The Morgan fingerprint density at radius 3 is 2.33 bits per heavy atom. The van der Waals surface area contributed by atoms with Crippen LogP contribution in [0.1, 0.15) is 50.2 Å². The Kier molecular flexibility index (Phi) is 7.35. The third kappa shape index (κ3) is 5.46. The molecule has 0 aromatic heterocycles. The first-order valence-corrected chi connectivity index (χ1v) is 6.94. The summed E-state index contributed by atoms with van der Waals surface area (Å²) < 4.78 is 0. The molecular weight excluding hydrogens is 224 g/mol. The number of aliphatic hydroxyl groups excluding tert-OH is 1. The molecule has 0 aliphatic heterocycles. The van der Waals surface area contributed by atoms with Crippen molar-refractivity contribution in [3.05, 3.63) is 35.4 Å². The van der Waals surface area contributed by atoms with Crippen LogP contribution in [0.5, 0.6) is 0 Å². The highest BCUT2D eigenvalue weighted by Crippen LogP contribution is 2.15. The van der Waals surface area contributed by atoms with E-state index in [0.29, 0.717) is 0 Å². The van der Waals surface area contributed by atoms with Crippen LogP contribution in [0.2, 0.25) is 0 Å². The van der Waals surface area contributed by atoms with Crippen molar-refractivity contribution in [2.24, 2.45) is 5.92 Å². The topological polar surface area (TPSA) is 37.3 Å². The summed E-state index contributed by atoms with van der Waals surface area (Å²) in [5.74, 6) is 0.141. The number of hydrogen-bond acceptors (Lipinski definition) is 2. The molecule has 1 unspecified atom stereocenters. The molecule has 0 bridgehead atoms. The number of aliphatic hydroxyl groups is 1. The van der Waals surface area contributed by atoms with Crippen molar-refractivity contribution in [3.8, 4) is 0 Å². The molecule has 1 rings (SSSR count). The molecule has 0 aliphatic rings. The maximum absolute atomic E-state index is 11.1. The molecule has 0 aliphatic carbocycles. The molecule has 1 aromatic rings. The zero-order valence-electron chi connectivity index (χ0n) is 11.3. The van der Waals surface area contributed by atoms with Crippen LogP contribution in [-0.2, 0) is 17.8 Å². The van der Waals surface area contributed by atoms with Gasteiger partial charge in [-0.1, -0.05) is 56.9 Å². The maximum atomic E-state index is 11.1. The summed E-state index contributed by atoms with van der Waals surface area (Å²) in [6.45, 7) is 2.27. The molecule has 2 heteroatoms. The van der Waals surface area contributed by atoms with Crippen LogP contribution < -0.4 is 0 Å². The zero-order valence-corrected chi connectivity index (χ0v) is 11.3. The van der Waals surface area contributed by atoms with E-state index in [0.717, 1.165) is 31.1 Å². The number of rotatable bonds is 9. The largest absolute Gasteiger partial charge is 0.392 e. The Balaban J connectivity index is 2.38. The summed E-state index contributed by atoms with van der Waals surface area (Å²) in [6.07, 6.45) is 7.76. The van der Waals surface area contributed by atoms with Crippen molar-refractivity contribution < 1.29 is 9.90 Å². The van der Waals surface area contributed by atoms with Crippen LogP contribution in [0.3, 0.4) is 0 Å². The summed E-state index contributed by atoms with van der Waals surface area (Å²) in [5, 5.41) is 8.97. The van der Waals surface area contributed by atoms with Crippen LogP contribution >= 0.6 is 0 Å². The van der Waals surface area contributed by atoms with Crippen molar-refractivity contribution in [1.82, 2.24) is 0 Å². The van der Waals surface area contributed by atoms with Gasteiger partial charge < -0.3 is 9.90 Å². The maximum Gasteiger partial charge on any atom is 0.123 e. The fourth-order valence-corrected chi connectivity index (χ4v) is 2.14. The number of unbranched alkanes of at least 4 members (excludes halogenated alkanes) is 3. The van der Waals surface area contributed by atoms with Gasteiger partial charge >= 0.3 is 0 Å². The first-order chi connectivity index (χ1) is 8.80. The molecular formula is C16H24O2. The van der Waals surface area contributed by atoms with Gasteiger partial charge in [0.25, 0.3) is 0 Å². The molecule has 1 aromatic carbocycles. The molecule has 0 spiro atoms. The lowest BCUT2D eigenvalue weighted by atomic mass is 9.94. The van der Waals surface area contributed by atoms with E-state index in [1.807, 2.05) is 24.3 Å². The second kappa shape index (κ2) is 8.87. The van der Waals surface area contributed by atoms with Crippen LogP contribution in [0.4, 0.5) is 0 Å². The molecule has 1 atom stereocenters. The molecule has 0 amide bonds. The molecule has 0 saturated heterocycles. The van der Waals surface area contributed by atoms with E-state index in [9.17, 15) is 4.79 Å². The minimum absolute atomic E-state index is 0.0778. The fourth-order valence-electron chi connectivity index (χ4n) is 2.14. The Morgan fingerprint density at radius 1 is 1.11 bits per heavy atom. The predicted molar refractivity (Wildman–Crippen MR) is 74.4 cm³/mol. The monoisotopic (exact) mass is 248 g/mol. The number of carbonyl (C=O) groups is 1. The highest BCUT2D eigenvalue weighted by Gasteiger charge is 2.08. The van der Waals surface area contributed by atoms with Crippen LogP contribution in [0.15, 0.2) is 24.3 Å². The Labute approximate surface area is 110 Å². The molecule has 0 saturated carbocycles. The van der Waals surface area contributed by atoms with E-state index in [1.54, 1.807) is 0 Å². The summed E-state index contributed by atoms with van der Waals surface area (Å²) >= 11 is 0. The quantitative estimate of drug-likeness (QED) is 0.536. The van der Waals surface area contributed by atoms with E-state index in [-0.39, 0.29) is 12.5 Å². The van der Waals surface area contributed by atoms with Gasteiger partial charge in [-0.25, -0.2) is 0 Å². The van der Waals surface area contributed by atoms with E-state index in [4.69, 9.17) is 5.11 Å². The minimum Gasteiger partial charge on any atom is -0.392 e. The van der Waals surface area contributed by atoms with Gasteiger partial charge in [-0.2, -0.15) is 0 Å². The Morgan fingerprint density at radius 2 is 1.78 bits per heavy atom. The van der Waals surface area contributed by atoms with Crippen molar-refractivity contribution in [3.63, 3.8) is 0 Å². The standard InChI is InChI=1S/C16H24O2/c1-2-3-4-5-6-16(13-18)11-14-7-9-15(12-17)10-8-14/h7-10,13,16-17H,2-6,11-12H2,1H3. The first kappa shape index (κ1) is 14.9. The van der Waals surface area contributed by atoms with Gasteiger partial charge in [0, 0.05) is 5.92 Å². The van der Waals surface area contributed by atoms with Crippen molar-refractivity contribution in [1.29, 1.82) is 0 Å². The second-order valence-electron chi connectivity index (χ2n) is 4.92. The molecule has 100 valence electrons. The smallest absolute Gasteiger partial charge is 0.123 e. The molecule has 0 radical (unpaired) electrons. The lowest BCUT2D eigenvalue weighted by molar-refractivity contribution is -0.111. The lowest BCUT2D eigenvalue weighted by Crippen LogP contribution is -2.06. The zero-order chi connectivity index (χ0) is 13.2. The Hall–Kier alpha value is -1.15. The van der Waals surface area contributed by atoms with Gasteiger partial charge in [0.2, 0.25) is 0 Å². The Bertz CT molecular complexity index is 329. The molecule has 0 heterocycles. The highest BCUT2D eigenvalue weighted by molar-refractivity contribution is 5.54. The van der Waals surface area contributed by atoms with Gasteiger partial charge in [0.15, 0.2) is 0 Å². The lowest BCUT2D eigenvalue weighted by Gasteiger charge is -2.10. The van der Waals surface area contributed by atoms with Gasteiger partial charge in [-0.15, -0.1) is 0 Å². The average Bonchev–Trinajstić information content (AvgIpc) is 2.43. The summed E-state index contributed by atoms with van der Waals surface area (Å²) in [6, 6.07) is 7.87. The third-order valence-electron chi connectivity index (χ3n) is 3.32. The summed E-state index contributed by atoms with van der Waals surface area (Å²) in [5.41, 5.74) is 2.10. The van der Waals surface area contributed by atoms with Gasteiger partial charge in [0.1, 0.15) is 6.29 Å².